The normalized spacial score (nSPS) is 24.8. The van der Waals surface area contributed by atoms with E-state index >= 15 is 0 Å². The molecule has 8 nitrogen and oxygen atoms in total. The number of carbonyl (C=O) groups excluding carboxylic acids is 1. The monoisotopic (exact) mass is 351 g/mol. The first-order valence-electron chi connectivity index (χ1n) is 8.94. The molecule has 1 saturated heterocycles. The smallest absolute Gasteiger partial charge is 0.237 e. The van der Waals surface area contributed by atoms with Gasteiger partial charge in [-0.1, -0.05) is 0 Å². The summed E-state index contributed by atoms with van der Waals surface area (Å²) in [6.45, 7) is 1.60. The average molecular weight is 351 g/mol. The summed E-state index contributed by atoms with van der Waals surface area (Å²) in [5, 5.41) is 30.6. The standard InChI is InChI=1S/C18H21N7O/c19-7-15-2-1-5-25(15)18(26)10-22-14-4-3-13(6-14)11-24-12-23-16(8-20)17(24)9-21/h12-15,22H,1-6,10-11H2/t13?,14?,15-/m0/s1. The van der Waals surface area contributed by atoms with Crippen molar-refractivity contribution in [3.05, 3.63) is 17.7 Å². The molecule has 1 aromatic rings. The molecule has 1 aliphatic heterocycles. The van der Waals surface area contributed by atoms with E-state index in [4.69, 9.17) is 10.5 Å². The predicted molar refractivity (Wildman–Crippen MR) is 91.1 cm³/mol. The molecule has 2 aliphatic rings. The molecule has 0 bridgehead atoms. The number of likely N-dealkylation sites (tertiary alicyclic amines) is 1. The number of nitriles is 3. The number of aromatic nitrogens is 2. The second-order valence-corrected chi connectivity index (χ2v) is 6.95. The van der Waals surface area contributed by atoms with Crippen molar-refractivity contribution >= 4 is 5.91 Å². The van der Waals surface area contributed by atoms with Gasteiger partial charge in [-0.3, -0.25) is 4.79 Å². The highest BCUT2D eigenvalue weighted by Gasteiger charge is 2.30. The van der Waals surface area contributed by atoms with E-state index in [0.29, 0.717) is 24.7 Å². The molecule has 0 spiro atoms. The Hall–Kier alpha value is -2.89. The Bertz CT molecular complexity index is 794. The van der Waals surface area contributed by atoms with Crippen molar-refractivity contribution in [1.82, 2.24) is 19.8 Å². The van der Waals surface area contributed by atoms with Gasteiger partial charge in [0.15, 0.2) is 11.4 Å². The molecule has 1 aliphatic carbocycles. The van der Waals surface area contributed by atoms with Crippen LogP contribution in [0.3, 0.4) is 0 Å². The Kier molecular flexibility index (Phi) is 5.51. The summed E-state index contributed by atoms with van der Waals surface area (Å²) in [4.78, 5) is 17.9. The minimum absolute atomic E-state index is 0.00228. The molecule has 8 heteroatoms. The zero-order valence-corrected chi connectivity index (χ0v) is 14.6. The maximum atomic E-state index is 12.3. The summed E-state index contributed by atoms with van der Waals surface area (Å²) in [7, 11) is 0. The van der Waals surface area contributed by atoms with Gasteiger partial charge in [0.05, 0.1) is 18.9 Å². The largest absolute Gasteiger partial charge is 0.326 e. The van der Waals surface area contributed by atoms with Crippen molar-refractivity contribution in [2.75, 3.05) is 13.1 Å². The molecule has 2 unspecified atom stereocenters. The first-order valence-corrected chi connectivity index (χ1v) is 8.94. The van der Waals surface area contributed by atoms with Gasteiger partial charge >= 0.3 is 0 Å². The number of hydrogen-bond acceptors (Lipinski definition) is 6. The second kappa shape index (κ2) is 7.99. The van der Waals surface area contributed by atoms with Gasteiger partial charge in [-0.2, -0.15) is 15.8 Å². The number of imidazole rings is 1. The molecule has 1 saturated carbocycles. The lowest BCUT2D eigenvalue weighted by Gasteiger charge is -2.21. The number of amides is 1. The summed E-state index contributed by atoms with van der Waals surface area (Å²) in [5.41, 5.74) is 0.485. The van der Waals surface area contributed by atoms with Gasteiger partial charge in [0, 0.05) is 19.1 Å². The average Bonchev–Trinajstić information content (AvgIpc) is 3.38. The van der Waals surface area contributed by atoms with Crippen molar-refractivity contribution in [3.8, 4) is 18.2 Å². The number of carbonyl (C=O) groups is 1. The molecule has 3 rings (SSSR count). The number of hydrogen-bond donors (Lipinski definition) is 1. The molecular weight excluding hydrogens is 330 g/mol. The highest BCUT2D eigenvalue weighted by Crippen LogP contribution is 2.27. The summed E-state index contributed by atoms with van der Waals surface area (Å²) < 4.78 is 1.75. The van der Waals surface area contributed by atoms with Crippen LogP contribution in [-0.2, 0) is 11.3 Å². The third kappa shape index (κ3) is 3.69. The molecule has 3 atom stereocenters. The number of nitrogens with one attached hydrogen (secondary N) is 1. The Balaban J connectivity index is 1.48. The van der Waals surface area contributed by atoms with E-state index in [1.807, 2.05) is 12.1 Å². The Labute approximate surface area is 152 Å². The highest BCUT2D eigenvalue weighted by molar-refractivity contribution is 5.79. The van der Waals surface area contributed by atoms with Crippen molar-refractivity contribution < 1.29 is 4.79 Å². The molecule has 134 valence electrons. The van der Waals surface area contributed by atoms with Gasteiger partial charge < -0.3 is 14.8 Å². The summed E-state index contributed by atoms with van der Waals surface area (Å²) in [6, 6.07) is 6.16. The van der Waals surface area contributed by atoms with Crippen molar-refractivity contribution in [1.29, 1.82) is 15.8 Å². The maximum absolute atomic E-state index is 12.3. The Morgan fingerprint density at radius 3 is 2.85 bits per heavy atom. The summed E-state index contributed by atoms with van der Waals surface area (Å²) >= 11 is 0. The van der Waals surface area contributed by atoms with Crippen molar-refractivity contribution in [2.24, 2.45) is 5.92 Å². The minimum atomic E-state index is -0.277. The highest BCUT2D eigenvalue weighted by atomic mass is 16.2. The van der Waals surface area contributed by atoms with Crippen LogP contribution in [0.2, 0.25) is 0 Å². The zero-order chi connectivity index (χ0) is 18.5. The van der Waals surface area contributed by atoms with Gasteiger partial charge in [-0.15, -0.1) is 0 Å². The minimum Gasteiger partial charge on any atom is -0.326 e. The van der Waals surface area contributed by atoms with Crippen LogP contribution in [0.1, 0.15) is 43.5 Å². The maximum Gasteiger partial charge on any atom is 0.237 e. The summed E-state index contributed by atoms with van der Waals surface area (Å²) in [5.74, 6) is 0.381. The fourth-order valence-electron chi connectivity index (χ4n) is 3.96. The molecule has 2 fully saturated rings. The van der Waals surface area contributed by atoms with Crippen LogP contribution < -0.4 is 5.32 Å². The Morgan fingerprint density at radius 2 is 2.12 bits per heavy atom. The third-order valence-corrected chi connectivity index (χ3v) is 5.31. The second-order valence-electron chi connectivity index (χ2n) is 6.95. The lowest BCUT2D eigenvalue weighted by Crippen LogP contribution is -2.42. The van der Waals surface area contributed by atoms with Crippen LogP contribution in [0, 0.1) is 39.9 Å². The zero-order valence-electron chi connectivity index (χ0n) is 14.6. The molecule has 2 heterocycles. The van der Waals surface area contributed by atoms with Gasteiger partial charge in [0.2, 0.25) is 5.91 Å². The predicted octanol–water partition coefficient (Wildman–Crippen LogP) is 0.899. The van der Waals surface area contributed by atoms with Gasteiger partial charge in [-0.05, 0) is 38.0 Å². The quantitative estimate of drug-likeness (QED) is 0.841. The topological polar surface area (TPSA) is 122 Å². The van der Waals surface area contributed by atoms with Gasteiger partial charge in [0.25, 0.3) is 0 Å². The lowest BCUT2D eigenvalue weighted by atomic mass is 10.1. The number of rotatable bonds is 5. The fraction of sp³-hybridized carbons (Fsp3) is 0.611. The van der Waals surface area contributed by atoms with Crippen LogP contribution in [0.25, 0.3) is 0 Å². The van der Waals surface area contributed by atoms with Crippen molar-refractivity contribution in [2.45, 2.75) is 50.7 Å². The summed E-state index contributed by atoms with van der Waals surface area (Å²) in [6.07, 6.45) is 6.11. The SMILES string of the molecule is N#Cc1ncn(CC2CCC(NCC(=O)N3CCC[C@H]3C#N)C2)c1C#N. The third-order valence-electron chi connectivity index (χ3n) is 5.31. The molecule has 1 aromatic heterocycles. The molecule has 1 N–H and O–H groups in total. The fourth-order valence-corrected chi connectivity index (χ4v) is 3.96. The van der Waals surface area contributed by atoms with E-state index in [2.05, 4.69) is 16.4 Å². The van der Waals surface area contributed by atoms with E-state index < -0.39 is 0 Å². The van der Waals surface area contributed by atoms with E-state index in [1.54, 1.807) is 15.8 Å². The van der Waals surface area contributed by atoms with E-state index in [9.17, 15) is 10.1 Å². The van der Waals surface area contributed by atoms with Crippen LogP contribution in [0.5, 0.6) is 0 Å². The Morgan fingerprint density at radius 1 is 1.27 bits per heavy atom. The van der Waals surface area contributed by atoms with Gasteiger partial charge in [-0.25, -0.2) is 4.98 Å². The van der Waals surface area contributed by atoms with E-state index in [1.165, 1.54) is 0 Å². The first kappa shape index (κ1) is 17.9. The number of nitrogens with zero attached hydrogens (tertiary/aromatic N) is 6. The molecule has 1 amide bonds. The van der Waals surface area contributed by atoms with Crippen LogP contribution in [-0.4, -0.2) is 45.5 Å². The lowest BCUT2D eigenvalue weighted by molar-refractivity contribution is -0.130. The van der Waals surface area contributed by atoms with Gasteiger partial charge in [0.1, 0.15) is 18.2 Å². The van der Waals surface area contributed by atoms with Crippen LogP contribution in [0.15, 0.2) is 6.33 Å². The first-order chi connectivity index (χ1) is 12.7. The molecular formula is C18H21N7O. The molecule has 26 heavy (non-hydrogen) atoms. The molecule has 0 radical (unpaired) electrons. The van der Waals surface area contributed by atoms with E-state index in [0.717, 1.165) is 32.1 Å². The van der Waals surface area contributed by atoms with Crippen LogP contribution >= 0.6 is 0 Å². The molecule has 0 aromatic carbocycles. The van der Waals surface area contributed by atoms with Crippen molar-refractivity contribution in [3.63, 3.8) is 0 Å². The van der Waals surface area contributed by atoms with E-state index in [-0.39, 0.29) is 30.2 Å². The van der Waals surface area contributed by atoms with Crippen LogP contribution in [0.4, 0.5) is 0 Å².